The monoisotopic (exact) mass is 236 g/mol. The van der Waals surface area contributed by atoms with Crippen LogP contribution in [0.3, 0.4) is 0 Å². The molecule has 0 bridgehead atoms. The standard InChI is InChI=1S/C10H12N4OS/c16-10-12-8-2-1-3-11-9(8)14(10)13-4-6-15-7-5-13/h1-3H,4-7H2,(H,12,16). The van der Waals surface area contributed by atoms with Gasteiger partial charge in [0.05, 0.1) is 31.8 Å². The zero-order chi connectivity index (χ0) is 11.0. The maximum Gasteiger partial charge on any atom is 0.198 e. The molecule has 0 atom stereocenters. The summed E-state index contributed by atoms with van der Waals surface area (Å²) in [6, 6.07) is 3.88. The predicted octanol–water partition coefficient (Wildman–Crippen LogP) is 1.06. The Hall–Kier alpha value is -1.40. The van der Waals surface area contributed by atoms with Gasteiger partial charge < -0.3 is 14.7 Å². The van der Waals surface area contributed by atoms with E-state index in [1.807, 2.05) is 16.8 Å². The topological polar surface area (TPSA) is 46.1 Å². The number of ether oxygens (including phenoxy) is 1. The highest BCUT2D eigenvalue weighted by atomic mass is 32.1. The minimum absolute atomic E-state index is 0.690. The highest BCUT2D eigenvalue weighted by molar-refractivity contribution is 7.71. The second kappa shape index (κ2) is 3.88. The lowest BCUT2D eigenvalue weighted by atomic mass is 10.4. The molecular weight excluding hydrogens is 224 g/mol. The van der Waals surface area contributed by atoms with Crippen molar-refractivity contribution in [2.24, 2.45) is 0 Å². The number of H-pyrrole nitrogens is 1. The highest BCUT2D eigenvalue weighted by Crippen LogP contribution is 2.12. The fourth-order valence-corrected chi connectivity index (χ4v) is 2.26. The van der Waals surface area contributed by atoms with Crippen LogP contribution in [-0.4, -0.2) is 40.9 Å². The summed E-state index contributed by atoms with van der Waals surface area (Å²) in [6.07, 6.45) is 1.78. The summed E-state index contributed by atoms with van der Waals surface area (Å²) < 4.78 is 7.99. The Labute approximate surface area is 97.6 Å². The molecule has 2 aromatic rings. The number of imidazole rings is 1. The van der Waals surface area contributed by atoms with Crippen molar-refractivity contribution in [3.8, 4) is 0 Å². The Morgan fingerprint density at radius 2 is 2.19 bits per heavy atom. The van der Waals surface area contributed by atoms with Gasteiger partial charge in [0.2, 0.25) is 0 Å². The molecular formula is C10H12N4OS. The smallest absolute Gasteiger partial charge is 0.198 e. The Bertz CT molecular complexity index is 555. The number of aromatic nitrogens is 3. The van der Waals surface area contributed by atoms with Gasteiger partial charge in [-0.1, -0.05) is 0 Å². The highest BCUT2D eigenvalue weighted by Gasteiger charge is 2.15. The molecule has 0 spiro atoms. The van der Waals surface area contributed by atoms with Gasteiger partial charge in [0.25, 0.3) is 0 Å². The molecule has 0 aliphatic carbocycles. The SMILES string of the molecule is S=c1[nH]c2cccnc2n1N1CCOCC1. The number of nitrogens with one attached hydrogen (secondary N) is 1. The third kappa shape index (κ3) is 1.50. The van der Waals surface area contributed by atoms with Gasteiger partial charge in [0.1, 0.15) is 0 Å². The van der Waals surface area contributed by atoms with Crippen LogP contribution in [0.4, 0.5) is 0 Å². The minimum atomic E-state index is 0.690. The maximum atomic E-state index is 5.33. The average Bonchev–Trinajstić information content (AvgIpc) is 2.66. The number of nitrogens with zero attached hydrogens (tertiary/aromatic N) is 3. The molecule has 5 nitrogen and oxygen atoms in total. The first-order valence-electron chi connectivity index (χ1n) is 5.25. The van der Waals surface area contributed by atoms with Crippen LogP contribution in [0.2, 0.25) is 0 Å². The molecule has 0 unspecified atom stereocenters. The summed E-state index contributed by atoms with van der Waals surface area (Å²) in [6.45, 7) is 3.16. The quantitative estimate of drug-likeness (QED) is 0.752. The van der Waals surface area contributed by atoms with Crippen LogP contribution in [0.5, 0.6) is 0 Å². The number of pyridine rings is 1. The van der Waals surface area contributed by atoms with Gasteiger partial charge in [-0.15, -0.1) is 0 Å². The fraction of sp³-hybridized carbons (Fsp3) is 0.400. The van der Waals surface area contributed by atoms with Crippen molar-refractivity contribution >= 4 is 23.4 Å². The fourth-order valence-electron chi connectivity index (χ4n) is 1.94. The van der Waals surface area contributed by atoms with Gasteiger partial charge in [-0.2, -0.15) is 0 Å². The predicted molar refractivity (Wildman–Crippen MR) is 63.7 cm³/mol. The molecule has 0 radical (unpaired) electrons. The van der Waals surface area contributed by atoms with Crippen LogP contribution < -0.4 is 5.01 Å². The molecule has 0 amide bonds. The van der Waals surface area contributed by atoms with E-state index in [2.05, 4.69) is 15.0 Å². The first-order chi connectivity index (χ1) is 7.86. The van der Waals surface area contributed by atoms with E-state index in [9.17, 15) is 0 Å². The Morgan fingerprint density at radius 3 is 3.00 bits per heavy atom. The molecule has 0 saturated carbocycles. The molecule has 6 heteroatoms. The van der Waals surface area contributed by atoms with Crippen LogP contribution in [0, 0.1) is 4.77 Å². The molecule has 3 heterocycles. The van der Waals surface area contributed by atoms with Crippen molar-refractivity contribution in [1.82, 2.24) is 14.6 Å². The second-order valence-corrected chi connectivity index (χ2v) is 4.07. The minimum Gasteiger partial charge on any atom is -0.378 e. The van der Waals surface area contributed by atoms with Crippen molar-refractivity contribution in [2.45, 2.75) is 0 Å². The van der Waals surface area contributed by atoms with Gasteiger partial charge in [-0.05, 0) is 24.4 Å². The van der Waals surface area contributed by atoms with Crippen LogP contribution in [0.15, 0.2) is 18.3 Å². The first kappa shape index (κ1) is 9.80. The third-order valence-corrected chi connectivity index (χ3v) is 2.97. The summed E-state index contributed by atoms with van der Waals surface area (Å²) in [5, 5.41) is 2.16. The van der Waals surface area contributed by atoms with Crippen molar-refractivity contribution in [2.75, 3.05) is 31.3 Å². The van der Waals surface area contributed by atoms with Crippen LogP contribution in [-0.2, 0) is 4.74 Å². The number of aromatic amines is 1. The van der Waals surface area contributed by atoms with Crippen molar-refractivity contribution in [3.05, 3.63) is 23.1 Å². The van der Waals surface area contributed by atoms with Crippen molar-refractivity contribution < 1.29 is 4.74 Å². The van der Waals surface area contributed by atoms with E-state index in [4.69, 9.17) is 17.0 Å². The maximum absolute atomic E-state index is 5.33. The van der Waals surface area contributed by atoms with Gasteiger partial charge in [0.15, 0.2) is 10.4 Å². The molecule has 16 heavy (non-hydrogen) atoms. The molecule has 84 valence electrons. The van der Waals surface area contributed by atoms with E-state index in [-0.39, 0.29) is 0 Å². The zero-order valence-electron chi connectivity index (χ0n) is 8.72. The molecule has 3 rings (SSSR count). The average molecular weight is 236 g/mol. The van der Waals surface area contributed by atoms with E-state index in [0.717, 1.165) is 37.5 Å². The van der Waals surface area contributed by atoms with Crippen LogP contribution in [0.25, 0.3) is 11.2 Å². The third-order valence-electron chi connectivity index (χ3n) is 2.69. The van der Waals surface area contributed by atoms with Gasteiger partial charge in [-0.25, -0.2) is 9.66 Å². The molecule has 0 aromatic carbocycles. The van der Waals surface area contributed by atoms with Gasteiger partial charge >= 0.3 is 0 Å². The van der Waals surface area contributed by atoms with Crippen molar-refractivity contribution in [3.63, 3.8) is 0 Å². The number of fused-ring (bicyclic) bond motifs is 1. The summed E-state index contributed by atoms with van der Waals surface area (Å²) in [5.41, 5.74) is 1.85. The number of rotatable bonds is 1. The van der Waals surface area contributed by atoms with Gasteiger partial charge in [-0.3, -0.25) is 0 Å². The lowest BCUT2D eigenvalue weighted by Crippen LogP contribution is -2.44. The number of morpholine rings is 1. The van der Waals surface area contributed by atoms with Crippen LogP contribution >= 0.6 is 12.2 Å². The summed E-state index contributed by atoms with van der Waals surface area (Å²) in [7, 11) is 0. The first-order valence-corrected chi connectivity index (χ1v) is 5.66. The Kier molecular flexibility index (Phi) is 2.37. The second-order valence-electron chi connectivity index (χ2n) is 3.68. The summed E-state index contributed by atoms with van der Waals surface area (Å²) in [5.74, 6) is 0. The largest absolute Gasteiger partial charge is 0.378 e. The zero-order valence-corrected chi connectivity index (χ0v) is 9.54. The van der Waals surface area contributed by atoms with E-state index in [0.29, 0.717) is 4.77 Å². The Morgan fingerprint density at radius 1 is 1.38 bits per heavy atom. The molecule has 1 N–H and O–H groups in total. The normalized spacial score (nSPS) is 16.9. The van der Waals surface area contributed by atoms with Gasteiger partial charge in [0, 0.05) is 6.20 Å². The lowest BCUT2D eigenvalue weighted by molar-refractivity contribution is 0.111. The van der Waals surface area contributed by atoms with Crippen molar-refractivity contribution in [1.29, 1.82) is 0 Å². The number of hydrogen-bond acceptors (Lipinski definition) is 4. The number of hydrogen-bond donors (Lipinski definition) is 1. The molecule has 1 saturated heterocycles. The van der Waals surface area contributed by atoms with E-state index in [1.165, 1.54) is 0 Å². The molecule has 1 aliphatic rings. The summed E-state index contributed by atoms with van der Waals surface area (Å²) in [4.78, 5) is 7.52. The van der Waals surface area contributed by atoms with Crippen LogP contribution in [0.1, 0.15) is 0 Å². The summed E-state index contributed by atoms with van der Waals surface area (Å²) >= 11 is 5.32. The molecule has 1 aliphatic heterocycles. The Balaban J connectivity index is 2.14. The van der Waals surface area contributed by atoms with E-state index < -0.39 is 0 Å². The van der Waals surface area contributed by atoms with E-state index in [1.54, 1.807) is 6.20 Å². The lowest BCUT2D eigenvalue weighted by Gasteiger charge is -2.29. The molecule has 1 fully saturated rings. The van der Waals surface area contributed by atoms with E-state index >= 15 is 0 Å². The molecule has 2 aromatic heterocycles.